The third-order valence-electron chi connectivity index (χ3n) is 4.22. The van der Waals surface area contributed by atoms with E-state index in [1.54, 1.807) is 0 Å². The van der Waals surface area contributed by atoms with Gasteiger partial charge in [-0.25, -0.2) is 0 Å². The molecule has 0 aromatic carbocycles. The maximum Gasteiger partial charge on any atom is 0.0283 e. The zero-order chi connectivity index (χ0) is 10.8. The molecule has 3 fully saturated rings. The van der Waals surface area contributed by atoms with Crippen molar-refractivity contribution in [2.75, 3.05) is 31.1 Å². The monoisotopic (exact) mass is 240 g/mol. The third-order valence-corrected chi connectivity index (χ3v) is 5.36. The summed E-state index contributed by atoms with van der Waals surface area (Å²) in [6, 6.07) is 0.720. The van der Waals surface area contributed by atoms with E-state index in [0.717, 1.165) is 23.8 Å². The molecule has 2 saturated carbocycles. The standard InChI is InChI=1S/C13H24N2S/c1-2-10(1)13(11-3-4-11)8-14-7-12-9-16-6-5-15-12/h10-15H,1-9H2. The summed E-state index contributed by atoms with van der Waals surface area (Å²) in [5.41, 5.74) is 0. The van der Waals surface area contributed by atoms with E-state index in [9.17, 15) is 0 Å². The van der Waals surface area contributed by atoms with Crippen LogP contribution in [0.2, 0.25) is 0 Å². The van der Waals surface area contributed by atoms with E-state index in [0.29, 0.717) is 0 Å². The summed E-state index contributed by atoms with van der Waals surface area (Å²) in [6.07, 6.45) is 6.06. The Morgan fingerprint density at radius 3 is 2.50 bits per heavy atom. The second-order valence-corrected chi connectivity index (χ2v) is 6.87. The summed E-state index contributed by atoms with van der Waals surface area (Å²) in [4.78, 5) is 0. The lowest BCUT2D eigenvalue weighted by atomic mass is 9.98. The zero-order valence-corrected chi connectivity index (χ0v) is 10.9. The van der Waals surface area contributed by atoms with E-state index in [1.807, 2.05) is 0 Å². The summed E-state index contributed by atoms with van der Waals surface area (Å²) in [7, 11) is 0. The van der Waals surface area contributed by atoms with Crippen molar-refractivity contribution in [3.8, 4) is 0 Å². The molecule has 1 saturated heterocycles. The summed E-state index contributed by atoms with van der Waals surface area (Å²) in [5.74, 6) is 5.80. The van der Waals surface area contributed by atoms with Crippen molar-refractivity contribution < 1.29 is 0 Å². The van der Waals surface area contributed by atoms with Gasteiger partial charge in [0, 0.05) is 30.6 Å². The van der Waals surface area contributed by atoms with Gasteiger partial charge in [0.05, 0.1) is 0 Å². The maximum absolute atomic E-state index is 3.72. The van der Waals surface area contributed by atoms with Crippen LogP contribution in [0.3, 0.4) is 0 Å². The summed E-state index contributed by atoms with van der Waals surface area (Å²) < 4.78 is 0. The van der Waals surface area contributed by atoms with Gasteiger partial charge >= 0.3 is 0 Å². The molecule has 0 spiro atoms. The molecular formula is C13H24N2S. The van der Waals surface area contributed by atoms with Crippen LogP contribution in [0.15, 0.2) is 0 Å². The SMILES string of the molecule is C1CSCC(CNCC(C2CC2)C2CC2)N1. The van der Waals surface area contributed by atoms with E-state index in [1.165, 1.54) is 56.8 Å². The lowest BCUT2D eigenvalue weighted by Crippen LogP contribution is -2.45. The van der Waals surface area contributed by atoms with E-state index in [2.05, 4.69) is 22.4 Å². The van der Waals surface area contributed by atoms with E-state index >= 15 is 0 Å². The van der Waals surface area contributed by atoms with Crippen LogP contribution in [0.5, 0.6) is 0 Å². The Bertz CT molecular complexity index is 208. The molecule has 92 valence electrons. The van der Waals surface area contributed by atoms with Crippen LogP contribution >= 0.6 is 11.8 Å². The van der Waals surface area contributed by atoms with Crippen molar-refractivity contribution >= 4 is 11.8 Å². The largest absolute Gasteiger partial charge is 0.315 e. The second-order valence-electron chi connectivity index (χ2n) is 5.72. The topological polar surface area (TPSA) is 24.1 Å². The van der Waals surface area contributed by atoms with Crippen LogP contribution in [-0.2, 0) is 0 Å². The first-order valence-corrected chi connectivity index (χ1v) is 8.11. The van der Waals surface area contributed by atoms with Crippen molar-refractivity contribution in [2.45, 2.75) is 31.7 Å². The van der Waals surface area contributed by atoms with Crippen molar-refractivity contribution in [1.82, 2.24) is 10.6 Å². The highest BCUT2D eigenvalue weighted by Crippen LogP contribution is 2.48. The number of hydrogen-bond acceptors (Lipinski definition) is 3. The van der Waals surface area contributed by atoms with Gasteiger partial charge in [-0.05, 0) is 50.0 Å². The van der Waals surface area contributed by atoms with Gasteiger partial charge in [0.25, 0.3) is 0 Å². The van der Waals surface area contributed by atoms with E-state index in [-0.39, 0.29) is 0 Å². The molecule has 0 bridgehead atoms. The first-order chi connectivity index (χ1) is 7.93. The van der Waals surface area contributed by atoms with Crippen molar-refractivity contribution in [2.24, 2.45) is 17.8 Å². The molecule has 0 amide bonds. The summed E-state index contributed by atoms with van der Waals surface area (Å²) in [6.45, 7) is 3.67. The minimum atomic E-state index is 0.720. The number of thioether (sulfide) groups is 1. The van der Waals surface area contributed by atoms with Gasteiger partial charge < -0.3 is 10.6 Å². The quantitative estimate of drug-likeness (QED) is 0.739. The molecule has 1 atom stereocenters. The van der Waals surface area contributed by atoms with E-state index < -0.39 is 0 Å². The highest BCUT2D eigenvalue weighted by Gasteiger charge is 2.40. The van der Waals surface area contributed by atoms with Crippen LogP contribution in [0.1, 0.15) is 25.7 Å². The minimum Gasteiger partial charge on any atom is -0.315 e. The number of hydrogen-bond donors (Lipinski definition) is 2. The normalized spacial score (nSPS) is 30.9. The van der Waals surface area contributed by atoms with Gasteiger partial charge in [0.1, 0.15) is 0 Å². The first-order valence-electron chi connectivity index (χ1n) is 6.95. The summed E-state index contributed by atoms with van der Waals surface area (Å²) >= 11 is 2.10. The molecule has 0 aromatic heterocycles. The smallest absolute Gasteiger partial charge is 0.0283 e. The predicted octanol–water partition coefficient (Wildman–Crippen LogP) is 1.72. The van der Waals surface area contributed by atoms with Crippen LogP contribution in [-0.4, -0.2) is 37.2 Å². The highest BCUT2D eigenvalue weighted by molar-refractivity contribution is 7.99. The Labute approximate surface area is 103 Å². The predicted molar refractivity (Wildman–Crippen MR) is 70.9 cm³/mol. The van der Waals surface area contributed by atoms with Crippen LogP contribution in [0.4, 0.5) is 0 Å². The fourth-order valence-electron chi connectivity index (χ4n) is 2.94. The van der Waals surface area contributed by atoms with Crippen molar-refractivity contribution in [3.63, 3.8) is 0 Å². The molecular weight excluding hydrogens is 216 g/mol. The van der Waals surface area contributed by atoms with Gasteiger partial charge in [-0.2, -0.15) is 11.8 Å². The lowest BCUT2D eigenvalue weighted by Gasteiger charge is -2.25. The van der Waals surface area contributed by atoms with Crippen LogP contribution in [0.25, 0.3) is 0 Å². The Morgan fingerprint density at radius 2 is 1.94 bits per heavy atom. The Morgan fingerprint density at radius 1 is 1.19 bits per heavy atom. The Kier molecular flexibility index (Phi) is 3.75. The highest BCUT2D eigenvalue weighted by atomic mass is 32.2. The average Bonchev–Trinajstić information content (AvgIpc) is 3.17. The van der Waals surface area contributed by atoms with Crippen molar-refractivity contribution in [1.29, 1.82) is 0 Å². The molecule has 16 heavy (non-hydrogen) atoms. The zero-order valence-electron chi connectivity index (χ0n) is 10.1. The summed E-state index contributed by atoms with van der Waals surface area (Å²) in [5, 5.41) is 7.32. The van der Waals surface area contributed by atoms with Crippen molar-refractivity contribution in [3.05, 3.63) is 0 Å². The molecule has 2 aliphatic carbocycles. The molecule has 0 aromatic rings. The maximum atomic E-state index is 3.72. The molecule has 1 unspecified atom stereocenters. The Hall–Kier alpha value is 0.270. The third kappa shape index (κ3) is 3.14. The molecule has 2 nitrogen and oxygen atoms in total. The molecule has 0 radical (unpaired) electrons. The van der Waals surface area contributed by atoms with E-state index in [4.69, 9.17) is 0 Å². The van der Waals surface area contributed by atoms with Gasteiger partial charge in [0.2, 0.25) is 0 Å². The van der Waals surface area contributed by atoms with Crippen LogP contribution in [0, 0.1) is 17.8 Å². The molecule has 1 heterocycles. The minimum absolute atomic E-state index is 0.720. The van der Waals surface area contributed by atoms with Gasteiger partial charge in [-0.3, -0.25) is 0 Å². The van der Waals surface area contributed by atoms with Gasteiger partial charge in [-0.15, -0.1) is 0 Å². The fourth-order valence-corrected chi connectivity index (χ4v) is 3.89. The van der Waals surface area contributed by atoms with Gasteiger partial charge in [-0.1, -0.05) is 0 Å². The lowest BCUT2D eigenvalue weighted by molar-refractivity contribution is 0.369. The first kappa shape index (κ1) is 11.4. The second kappa shape index (κ2) is 5.28. The Balaban J connectivity index is 1.34. The molecule has 1 aliphatic heterocycles. The molecule has 2 N–H and O–H groups in total. The molecule has 3 rings (SSSR count). The van der Waals surface area contributed by atoms with Gasteiger partial charge in [0.15, 0.2) is 0 Å². The number of nitrogens with one attached hydrogen (secondary N) is 2. The molecule has 3 aliphatic rings. The fraction of sp³-hybridized carbons (Fsp3) is 1.00. The van der Waals surface area contributed by atoms with Crippen LogP contribution < -0.4 is 10.6 Å². The average molecular weight is 240 g/mol. The number of rotatable bonds is 6. The molecule has 3 heteroatoms.